The van der Waals surface area contributed by atoms with Gasteiger partial charge in [0.25, 0.3) is 0 Å². The Bertz CT molecular complexity index is 250. The Morgan fingerprint density at radius 1 is 1.73 bits per heavy atom. The van der Waals surface area contributed by atoms with Gasteiger partial charge < -0.3 is 5.11 Å². The van der Waals surface area contributed by atoms with Crippen molar-refractivity contribution < 1.29 is 9.90 Å². The molecule has 1 N–H and O–H groups in total. The lowest BCUT2D eigenvalue weighted by Gasteiger charge is -2.33. The molecule has 0 bridgehead atoms. The second kappa shape index (κ2) is 2.22. The first-order valence-corrected chi connectivity index (χ1v) is 3.87. The van der Waals surface area contributed by atoms with Crippen LogP contribution in [0.15, 0.2) is 23.8 Å². The fraction of sp³-hybridized carbons (Fsp3) is 0.444. The van der Waals surface area contributed by atoms with Crippen molar-refractivity contribution in [2.24, 2.45) is 11.8 Å². The fourth-order valence-electron chi connectivity index (χ4n) is 1.93. The van der Waals surface area contributed by atoms with Gasteiger partial charge in [-0.25, -0.2) is 4.79 Å². The SMILES string of the molecule is O=C(O)/C=C1/CC2C=CCC12. The third kappa shape index (κ3) is 0.985. The monoisotopic (exact) mass is 150 g/mol. The maximum absolute atomic E-state index is 10.3. The average Bonchev–Trinajstić information content (AvgIpc) is 2.26. The molecule has 2 heteroatoms. The number of rotatable bonds is 1. The lowest BCUT2D eigenvalue weighted by molar-refractivity contribution is -0.131. The lowest BCUT2D eigenvalue weighted by Crippen LogP contribution is -2.24. The van der Waals surface area contributed by atoms with E-state index in [0.717, 1.165) is 18.4 Å². The standard InChI is InChI=1S/C9H10O2/c10-9(11)5-7-4-6-2-1-3-8(6)7/h1-2,5-6,8H,3-4H2,(H,10,11)/b7-5-. The highest BCUT2D eigenvalue weighted by Gasteiger charge is 2.36. The predicted molar refractivity (Wildman–Crippen MR) is 41.1 cm³/mol. The lowest BCUT2D eigenvalue weighted by atomic mass is 9.71. The summed E-state index contributed by atoms with van der Waals surface area (Å²) in [7, 11) is 0. The highest BCUT2D eigenvalue weighted by atomic mass is 16.4. The van der Waals surface area contributed by atoms with Crippen molar-refractivity contribution in [3.8, 4) is 0 Å². The van der Waals surface area contributed by atoms with E-state index in [1.807, 2.05) is 0 Å². The molecule has 2 atom stereocenters. The maximum Gasteiger partial charge on any atom is 0.328 e. The summed E-state index contributed by atoms with van der Waals surface area (Å²) in [6.07, 6.45) is 7.73. The van der Waals surface area contributed by atoms with Crippen LogP contribution in [0.25, 0.3) is 0 Å². The van der Waals surface area contributed by atoms with Crippen LogP contribution in [0.4, 0.5) is 0 Å². The highest BCUT2D eigenvalue weighted by molar-refractivity contribution is 5.81. The first kappa shape index (κ1) is 6.65. The largest absolute Gasteiger partial charge is 0.478 e. The molecule has 0 aliphatic heterocycles. The Kier molecular flexibility index (Phi) is 1.34. The number of carboxylic acids is 1. The zero-order valence-corrected chi connectivity index (χ0v) is 6.16. The normalized spacial score (nSPS) is 36.9. The van der Waals surface area contributed by atoms with E-state index in [2.05, 4.69) is 12.2 Å². The molecule has 0 aromatic rings. The molecule has 1 saturated carbocycles. The fourth-order valence-corrected chi connectivity index (χ4v) is 1.93. The third-order valence-electron chi connectivity index (χ3n) is 2.55. The Labute approximate surface area is 65.2 Å². The van der Waals surface area contributed by atoms with E-state index in [1.165, 1.54) is 6.08 Å². The van der Waals surface area contributed by atoms with Crippen LogP contribution in [-0.2, 0) is 4.79 Å². The van der Waals surface area contributed by atoms with Crippen molar-refractivity contribution >= 4 is 5.97 Å². The van der Waals surface area contributed by atoms with Gasteiger partial charge in [0, 0.05) is 6.08 Å². The number of hydrogen-bond acceptors (Lipinski definition) is 1. The zero-order valence-electron chi connectivity index (χ0n) is 6.16. The molecule has 0 saturated heterocycles. The number of carboxylic acid groups (broad SMARTS) is 1. The molecule has 2 nitrogen and oxygen atoms in total. The van der Waals surface area contributed by atoms with E-state index in [4.69, 9.17) is 5.11 Å². The first-order valence-electron chi connectivity index (χ1n) is 3.87. The topological polar surface area (TPSA) is 37.3 Å². The van der Waals surface area contributed by atoms with Crippen LogP contribution in [0.5, 0.6) is 0 Å². The van der Waals surface area contributed by atoms with Crippen LogP contribution in [-0.4, -0.2) is 11.1 Å². The summed E-state index contributed by atoms with van der Waals surface area (Å²) in [6, 6.07) is 0. The van der Waals surface area contributed by atoms with Crippen molar-refractivity contribution in [3.63, 3.8) is 0 Å². The van der Waals surface area contributed by atoms with Gasteiger partial charge in [0.05, 0.1) is 0 Å². The van der Waals surface area contributed by atoms with E-state index in [0.29, 0.717) is 11.8 Å². The van der Waals surface area contributed by atoms with Gasteiger partial charge in [-0.3, -0.25) is 0 Å². The third-order valence-corrected chi connectivity index (χ3v) is 2.55. The molecular formula is C9H10O2. The quantitative estimate of drug-likeness (QED) is 0.455. The van der Waals surface area contributed by atoms with Gasteiger partial charge in [0.1, 0.15) is 0 Å². The molecule has 0 aromatic carbocycles. The van der Waals surface area contributed by atoms with Gasteiger partial charge in [-0.1, -0.05) is 17.7 Å². The summed E-state index contributed by atoms with van der Waals surface area (Å²) in [4.78, 5) is 10.3. The zero-order chi connectivity index (χ0) is 7.84. The summed E-state index contributed by atoms with van der Waals surface area (Å²) in [6.45, 7) is 0. The number of hydrogen-bond donors (Lipinski definition) is 1. The molecule has 58 valence electrons. The maximum atomic E-state index is 10.3. The van der Waals surface area contributed by atoms with Gasteiger partial charge in [-0.05, 0) is 24.7 Å². The Morgan fingerprint density at radius 2 is 2.55 bits per heavy atom. The van der Waals surface area contributed by atoms with Gasteiger partial charge >= 0.3 is 5.97 Å². The summed E-state index contributed by atoms with van der Waals surface area (Å²) in [5, 5.41) is 8.47. The van der Waals surface area contributed by atoms with Crippen molar-refractivity contribution in [1.82, 2.24) is 0 Å². The molecule has 1 fully saturated rings. The molecule has 0 amide bonds. The molecule has 2 aliphatic carbocycles. The molecule has 0 heterocycles. The van der Waals surface area contributed by atoms with Crippen LogP contribution >= 0.6 is 0 Å². The van der Waals surface area contributed by atoms with Crippen molar-refractivity contribution in [3.05, 3.63) is 23.8 Å². The molecule has 11 heavy (non-hydrogen) atoms. The van der Waals surface area contributed by atoms with Crippen LogP contribution < -0.4 is 0 Å². The molecule has 2 rings (SSSR count). The minimum absolute atomic E-state index is 0.533. The number of allylic oxidation sites excluding steroid dienone is 3. The van der Waals surface area contributed by atoms with Gasteiger partial charge in [0.2, 0.25) is 0 Å². The van der Waals surface area contributed by atoms with Crippen molar-refractivity contribution in [2.45, 2.75) is 12.8 Å². The molecule has 2 unspecified atom stereocenters. The average molecular weight is 150 g/mol. The summed E-state index contributed by atoms with van der Waals surface area (Å²) < 4.78 is 0. The van der Waals surface area contributed by atoms with Gasteiger partial charge in [-0.2, -0.15) is 0 Å². The second-order valence-electron chi connectivity index (χ2n) is 3.20. The molecule has 0 aromatic heterocycles. The Balaban J connectivity index is 2.07. The molecule has 0 spiro atoms. The molecule has 2 aliphatic rings. The van der Waals surface area contributed by atoms with Crippen LogP contribution in [0.3, 0.4) is 0 Å². The van der Waals surface area contributed by atoms with E-state index < -0.39 is 5.97 Å². The van der Waals surface area contributed by atoms with Gasteiger partial charge in [0.15, 0.2) is 0 Å². The number of aliphatic carboxylic acids is 1. The minimum atomic E-state index is -0.801. The Morgan fingerprint density at radius 3 is 3.18 bits per heavy atom. The van der Waals surface area contributed by atoms with Crippen LogP contribution in [0.2, 0.25) is 0 Å². The van der Waals surface area contributed by atoms with E-state index in [-0.39, 0.29) is 0 Å². The molecule has 0 radical (unpaired) electrons. The number of fused-ring (bicyclic) bond motifs is 1. The van der Waals surface area contributed by atoms with Crippen molar-refractivity contribution in [1.29, 1.82) is 0 Å². The Hall–Kier alpha value is -1.05. The van der Waals surface area contributed by atoms with E-state index in [1.54, 1.807) is 0 Å². The smallest absolute Gasteiger partial charge is 0.328 e. The molecular weight excluding hydrogens is 140 g/mol. The van der Waals surface area contributed by atoms with E-state index in [9.17, 15) is 4.79 Å². The van der Waals surface area contributed by atoms with Gasteiger partial charge in [-0.15, -0.1) is 0 Å². The highest BCUT2D eigenvalue weighted by Crippen LogP contribution is 2.46. The first-order chi connectivity index (χ1) is 5.27. The predicted octanol–water partition coefficient (Wildman–Crippen LogP) is 1.59. The van der Waals surface area contributed by atoms with Crippen LogP contribution in [0.1, 0.15) is 12.8 Å². The summed E-state index contributed by atoms with van der Waals surface area (Å²) >= 11 is 0. The van der Waals surface area contributed by atoms with Crippen molar-refractivity contribution in [2.75, 3.05) is 0 Å². The second-order valence-corrected chi connectivity index (χ2v) is 3.20. The summed E-state index contributed by atoms with van der Waals surface area (Å²) in [5.74, 6) is 0.386. The van der Waals surface area contributed by atoms with E-state index >= 15 is 0 Å². The minimum Gasteiger partial charge on any atom is -0.478 e. The van der Waals surface area contributed by atoms with Crippen LogP contribution in [0, 0.1) is 11.8 Å². The summed E-state index contributed by atoms with van der Waals surface area (Å²) in [5.41, 5.74) is 1.12. The number of carbonyl (C=O) groups is 1.